The van der Waals surface area contributed by atoms with Gasteiger partial charge in [-0.2, -0.15) is 0 Å². The number of fused-ring (bicyclic) bond motifs is 1. The lowest BCUT2D eigenvalue weighted by Crippen LogP contribution is -2.18. The van der Waals surface area contributed by atoms with Crippen molar-refractivity contribution in [2.24, 2.45) is 0 Å². The van der Waals surface area contributed by atoms with Gasteiger partial charge in [0, 0.05) is 18.7 Å². The fourth-order valence-corrected chi connectivity index (χ4v) is 2.37. The van der Waals surface area contributed by atoms with Crippen LogP contribution in [0.1, 0.15) is 11.1 Å². The van der Waals surface area contributed by atoms with Gasteiger partial charge >= 0.3 is 0 Å². The second-order valence-electron chi connectivity index (χ2n) is 5.07. The summed E-state index contributed by atoms with van der Waals surface area (Å²) in [5, 5.41) is 0. The highest BCUT2D eigenvalue weighted by molar-refractivity contribution is 5.44. The van der Waals surface area contributed by atoms with Crippen LogP contribution in [0.15, 0.2) is 36.4 Å². The topological polar surface area (TPSA) is 21.7 Å². The van der Waals surface area contributed by atoms with E-state index in [2.05, 4.69) is 0 Å². The predicted molar refractivity (Wildman–Crippen MR) is 74.1 cm³/mol. The molecule has 3 rings (SSSR count). The Morgan fingerprint density at radius 3 is 2.71 bits per heavy atom. The van der Waals surface area contributed by atoms with E-state index >= 15 is 0 Å². The number of hydrogen-bond donors (Lipinski definition) is 0. The quantitative estimate of drug-likeness (QED) is 0.862. The third-order valence-electron chi connectivity index (χ3n) is 3.36. The zero-order valence-corrected chi connectivity index (χ0v) is 11.6. The Morgan fingerprint density at radius 2 is 1.86 bits per heavy atom. The van der Waals surface area contributed by atoms with Crippen LogP contribution in [0.4, 0.5) is 8.78 Å². The first-order valence-electron chi connectivity index (χ1n) is 6.63. The van der Waals surface area contributed by atoms with E-state index in [0.29, 0.717) is 18.7 Å². The smallest absolute Gasteiger partial charge is 0.231 e. The molecule has 0 fully saturated rings. The molecule has 1 aliphatic rings. The normalized spacial score (nSPS) is 13.0. The third kappa shape index (κ3) is 2.97. The van der Waals surface area contributed by atoms with Crippen LogP contribution >= 0.6 is 0 Å². The van der Waals surface area contributed by atoms with E-state index in [4.69, 9.17) is 9.47 Å². The van der Waals surface area contributed by atoms with Gasteiger partial charge in [0.15, 0.2) is 23.1 Å². The minimum absolute atomic E-state index is 0.239. The molecule has 2 aromatic carbocycles. The van der Waals surface area contributed by atoms with Gasteiger partial charge < -0.3 is 9.47 Å². The molecule has 0 bridgehead atoms. The molecule has 0 aromatic heterocycles. The number of hydrogen-bond acceptors (Lipinski definition) is 3. The van der Waals surface area contributed by atoms with Crippen LogP contribution < -0.4 is 9.47 Å². The van der Waals surface area contributed by atoms with Gasteiger partial charge in [0.05, 0.1) is 0 Å². The van der Waals surface area contributed by atoms with Crippen LogP contribution in [0, 0.1) is 11.6 Å². The Morgan fingerprint density at radius 1 is 1.05 bits per heavy atom. The molecule has 3 nitrogen and oxygen atoms in total. The Bertz CT molecular complexity index is 661. The average Bonchev–Trinajstić information content (AvgIpc) is 2.91. The molecule has 5 heteroatoms. The Hall–Kier alpha value is -2.14. The maximum absolute atomic E-state index is 13.6. The van der Waals surface area contributed by atoms with E-state index in [1.54, 1.807) is 6.07 Å². The summed E-state index contributed by atoms with van der Waals surface area (Å²) in [4.78, 5) is 1.91. The van der Waals surface area contributed by atoms with E-state index in [0.717, 1.165) is 23.1 Å². The van der Waals surface area contributed by atoms with Crippen molar-refractivity contribution >= 4 is 0 Å². The number of rotatable bonds is 4. The first-order valence-corrected chi connectivity index (χ1v) is 6.63. The minimum atomic E-state index is -0.816. The SMILES string of the molecule is CN(Cc1ccc2c(c1)OCO2)Cc1cccc(F)c1F. The van der Waals surface area contributed by atoms with Gasteiger partial charge in [-0.05, 0) is 30.8 Å². The lowest BCUT2D eigenvalue weighted by molar-refractivity contribution is 0.174. The molecule has 1 aliphatic heterocycles. The average molecular weight is 291 g/mol. The molecule has 0 radical (unpaired) electrons. The molecule has 0 spiro atoms. The number of halogens is 2. The Balaban J connectivity index is 1.69. The van der Waals surface area contributed by atoms with Crippen molar-refractivity contribution in [1.29, 1.82) is 0 Å². The maximum atomic E-state index is 13.6. The van der Waals surface area contributed by atoms with E-state index in [1.165, 1.54) is 6.07 Å². The predicted octanol–water partition coefficient (Wildman–Crippen LogP) is 3.33. The van der Waals surface area contributed by atoms with E-state index in [1.807, 2.05) is 30.1 Å². The summed E-state index contributed by atoms with van der Waals surface area (Å²) >= 11 is 0. The van der Waals surface area contributed by atoms with Gasteiger partial charge in [0.1, 0.15) is 0 Å². The molecule has 0 saturated heterocycles. The Labute approximate surface area is 121 Å². The molecule has 110 valence electrons. The second-order valence-corrected chi connectivity index (χ2v) is 5.07. The summed E-state index contributed by atoms with van der Waals surface area (Å²) in [5.41, 5.74) is 1.37. The van der Waals surface area contributed by atoms with Gasteiger partial charge in [-0.25, -0.2) is 8.78 Å². The summed E-state index contributed by atoms with van der Waals surface area (Å²) in [6, 6.07) is 9.92. The first-order chi connectivity index (χ1) is 10.1. The summed E-state index contributed by atoms with van der Waals surface area (Å²) in [5.74, 6) is -0.144. The molecule has 0 unspecified atom stereocenters. The van der Waals surface area contributed by atoms with E-state index in [-0.39, 0.29) is 6.79 Å². The molecule has 0 saturated carbocycles. The maximum Gasteiger partial charge on any atom is 0.231 e. The highest BCUT2D eigenvalue weighted by Crippen LogP contribution is 2.32. The van der Waals surface area contributed by atoms with Crippen LogP contribution in [0.25, 0.3) is 0 Å². The van der Waals surface area contributed by atoms with Gasteiger partial charge in [-0.15, -0.1) is 0 Å². The van der Waals surface area contributed by atoms with Crippen molar-refractivity contribution in [3.8, 4) is 11.5 Å². The summed E-state index contributed by atoms with van der Waals surface area (Å²) in [7, 11) is 1.86. The van der Waals surface area contributed by atoms with Crippen molar-refractivity contribution in [3.63, 3.8) is 0 Å². The summed E-state index contributed by atoms with van der Waals surface area (Å²) in [6.07, 6.45) is 0. The van der Waals surface area contributed by atoms with Gasteiger partial charge in [0.25, 0.3) is 0 Å². The zero-order chi connectivity index (χ0) is 14.8. The van der Waals surface area contributed by atoms with E-state index < -0.39 is 11.6 Å². The largest absolute Gasteiger partial charge is 0.454 e. The third-order valence-corrected chi connectivity index (χ3v) is 3.36. The molecule has 1 heterocycles. The van der Waals surface area contributed by atoms with Crippen LogP contribution in [-0.4, -0.2) is 18.7 Å². The summed E-state index contributed by atoms with van der Waals surface area (Å²) in [6.45, 7) is 1.17. The molecule has 0 amide bonds. The van der Waals surface area contributed by atoms with Crippen LogP contribution in [0.2, 0.25) is 0 Å². The minimum Gasteiger partial charge on any atom is -0.454 e. The van der Waals surface area contributed by atoms with Crippen LogP contribution in [0.5, 0.6) is 11.5 Å². The zero-order valence-electron chi connectivity index (χ0n) is 11.6. The van der Waals surface area contributed by atoms with Gasteiger partial charge in [0.2, 0.25) is 6.79 Å². The lowest BCUT2D eigenvalue weighted by Gasteiger charge is -2.17. The molecule has 21 heavy (non-hydrogen) atoms. The monoisotopic (exact) mass is 291 g/mol. The van der Waals surface area contributed by atoms with Crippen LogP contribution in [-0.2, 0) is 13.1 Å². The number of benzene rings is 2. The highest BCUT2D eigenvalue weighted by Gasteiger charge is 2.14. The molecule has 0 N–H and O–H groups in total. The Kier molecular flexibility index (Phi) is 3.75. The molecular formula is C16H15F2NO2. The van der Waals surface area contributed by atoms with Crippen molar-refractivity contribution in [3.05, 3.63) is 59.2 Å². The number of nitrogens with zero attached hydrogens (tertiary/aromatic N) is 1. The molecule has 2 aromatic rings. The van der Waals surface area contributed by atoms with Gasteiger partial charge in [-0.1, -0.05) is 18.2 Å². The van der Waals surface area contributed by atoms with Crippen LogP contribution in [0.3, 0.4) is 0 Å². The summed E-state index contributed by atoms with van der Waals surface area (Å²) < 4.78 is 37.4. The second kappa shape index (κ2) is 5.69. The standard InChI is InChI=1S/C16H15F2NO2/c1-19(9-12-3-2-4-13(17)16(12)18)8-11-5-6-14-15(7-11)21-10-20-14/h2-7H,8-10H2,1H3. The lowest BCUT2D eigenvalue weighted by atomic mass is 10.1. The highest BCUT2D eigenvalue weighted by atomic mass is 19.2. The van der Waals surface area contributed by atoms with Crippen molar-refractivity contribution in [2.45, 2.75) is 13.1 Å². The molecule has 0 atom stereocenters. The number of ether oxygens (including phenoxy) is 2. The van der Waals surface area contributed by atoms with Gasteiger partial charge in [-0.3, -0.25) is 4.90 Å². The van der Waals surface area contributed by atoms with E-state index in [9.17, 15) is 8.78 Å². The fourth-order valence-electron chi connectivity index (χ4n) is 2.37. The van der Waals surface area contributed by atoms with Crippen molar-refractivity contribution in [2.75, 3.05) is 13.8 Å². The first kappa shape index (κ1) is 13.8. The van der Waals surface area contributed by atoms with Crippen molar-refractivity contribution in [1.82, 2.24) is 4.90 Å². The van der Waals surface area contributed by atoms with Crippen molar-refractivity contribution < 1.29 is 18.3 Å². The fraction of sp³-hybridized carbons (Fsp3) is 0.250. The molecule has 0 aliphatic carbocycles. The molecular weight excluding hydrogens is 276 g/mol.